The molecule has 1 N–H and O–H groups in total. The van der Waals surface area contributed by atoms with Crippen molar-refractivity contribution in [2.45, 2.75) is 6.61 Å². The predicted octanol–water partition coefficient (Wildman–Crippen LogP) is 5.93. The predicted molar refractivity (Wildman–Crippen MR) is 116 cm³/mol. The van der Waals surface area contributed by atoms with Crippen molar-refractivity contribution < 1.29 is 18.7 Å². The molecular weight excluding hydrogens is 427 g/mol. The lowest BCUT2D eigenvalue weighted by Crippen LogP contribution is -2.11. The number of amides is 1. The van der Waals surface area contributed by atoms with Crippen molar-refractivity contribution in [3.8, 4) is 11.5 Å². The van der Waals surface area contributed by atoms with Crippen LogP contribution < -0.4 is 14.8 Å². The molecule has 0 fully saturated rings. The van der Waals surface area contributed by atoms with E-state index in [1.165, 1.54) is 12.1 Å². The summed E-state index contributed by atoms with van der Waals surface area (Å²) in [6, 6.07) is 13.1. The molecule has 4 rings (SSSR count). The van der Waals surface area contributed by atoms with Crippen LogP contribution in [0.3, 0.4) is 0 Å². The van der Waals surface area contributed by atoms with E-state index >= 15 is 0 Å². The number of aromatic nitrogens is 1. The number of halogens is 2. The van der Waals surface area contributed by atoms with Crippen molar-refractivity contribution in [1.82, 2.24) is 4.98 Å². The second-order valence-electron chi connectivity index (χ2n) is 6.36. The Labute approximate surface area is 181 Å². The van der Waals surface area contributed by atoms with Crippen LogP contribution in [0.2, 0.25) is 5.02 Å². The number of rotatable bonds is 6. The van der Waals surface area contributed by atoms with E-state index in [2.05, 4.69) is 10.3 Å². The minimum atomic E-state index is -0.384. The van der Waals surface area contributed by atoms with E-state index in [9.17, 15) is 9.18 Å². The molecule has 4 aromatic rings. The van der Waals surface area contributed by atoms with Crippen molar-refractivity contribution in [3.05, 3.63) is 82.2 Å². The maximum Gasteiger partial charge on any atom is 0.267 e. The highest BCUT2D eigenvalue weighted by molar-refractivity contribution is 7.21. The van der Waals surface area contributed by atoms with Gasteiger partial charge in [0.25, 0.3) is 5.91 Å². The molecule has 2 heterocycles. The summed E-state index contributed by atoms with van der Waals surface area (Å²) in [5.41, 5.74) is 1.42. The molecule has 1 amide bonds. The van der Waals surface area contributed by atoms with Gasteiger partial charge in [0.05, 0.1) is 12.1 Å². The normalized spacial score (nSPS) is 10.8. The number of benzene rings is 2. The molecule has 0 radical (unpaired) electrons. The summed E-state index contributed by atoms with van der Waals surface area (Å²) in [7, 11) is 1.54. The molecule has 0 atom stereocenters. The molecule has 30 heavy (non-hydrogen) atoms. The molecule has 2 aromatic carbocycles. The maximum atomic E-state index is 13.5. The largest absolute Gasteiger partial charge is 0.493 e. The summed E-state index contributed by atoms with van der Waals surface area (Å²) in [6.07, 6.45) is 3.40. The highest BCUT2D eigenvalue weighted by Gasteiger charge is 2.18. The number of hydrogen-bond donors (Lipinski definition) is 1. The van der Waals surface area contributed by atoms with Crippen LogP contribution in [0.15, 0.2) is 60.9 Å². The lowest BCUT2D eigenvalue weighted by atomic mass is 10.2. The van der Waals surface area contributed by atoms with Gasteiger partial charge in [0.1, 0.15) is 17.3 Å². The number of pyridine rings is 1. The summed E-state index contributed by atoms with van der Waals surface area (Å²) in [4.78, 5) is 17.1. The molecule has 0 saturated heterocycles. The van der Waals surface area contributed by atoms with Crippen molar-refractivity contribution in [2.75, 3.05) is 12.4 Å². The smallest absolute Gasteiger partial charge is 0.267 e. The number of fused-ring (bicyclic) bond motifs is 1. The Bertz CT molecular complexity index is 1210. The van der Waals surface area contributed by atoms with E-state index in [4.69, 9.17) is 21.1 Å². The number of hydrogen-bond acceptors (Lipinski definition) is 5. The van der Waals surface area contributed by atoms with Crippen LogP contribution in [0.5, 0.6) is 11.5 Å². The van der Waals surface area contributed by atoms with Crippen LogP contribution in [-0.4, -0.2) is 18.0 Å². The summed E-state index contributed by atoms with van der Waals surface area (Å²) >= 11 is 7.48. The van der Waals surface area contributed by atoms with Crippen LogP contribution in [0.4, 0.5) is 10.1 Å². The van der Waals surface area contributed by atoms with Gasteiger partial charge in [-0.15, -0.1) is 11.3 Å². The van der Waals surface area contributed by atoms with Crippen LogP contribution in [-0.2, 0) is 6.61 Å². The van der Waals surface area contributed by atoms with E-state index in [1.807, 2.05) is 12.1 Å². The molecule has 8 heteroatoms. The molecule has 0 aliphatic rings. The second kappa shape index (κ2) is 8.69. The van der Waals surface area contributed by atoms with Gasteiger partial charge in [-0.2, -0.15) is 0 Å². The first-order chi connectivity index (χ1) is 14.5. The maximum absolute atomic E-state index is 13.5. The molecule has 0 bridgehead atoms. The first-order valence-electron chi connectivity index (χ1n) is 8.94. The summed E-state index contributed by atoms with van der Waals surface area (Å²) < 4.78 is 25.3. The number of carbonyl (C=O) groups is 1. The van der Waals surface area contributed by atoms with Crippen molar-refractivity contribution >= 4 is 44.6 Å². The molecule has 0 aliphatic heterocycles. The van der Waals surface area contributed by atoms with Crippen LogP contribution in [0.1, 0.15) is 15.2 Å². The van der Waals surface area contributed by atoms with Gasteiger partial charge in [-0.3, -0.25) is 9.78 Å². The van der Waals surface area contributed by atoms with E-state index in [0.29, 0.717) is 43.8 Å². The third-order valence-corrected chi connectivity index (χ3v) is 5.99. The fourth-order valence-corrected chi connectivity index (χ4v) is 4.32. The summed E-state index contributed by atoms with van der Waals surface area (Å²) in [6.45, 7) is 0.301. The number of anilines is 1. The third kappa shape index (κ3) is 4.22. The molecular formula is C22H16ClFN2O3S. The average Bonchev–Trinajstić information content (AvgIpc) is 3.09. The monoisotopic (exact) mass is 442 g/mol. The number of thiophene rings is 1. The zero-order valence-electron chi connectivity index (χ0n) is 15.8. The minimum Gasteiger partial charge on any atom is -0.493 e. The number of ether oxygens (including phenoxy) is 2. The van der Waals surface area contributed by atoms with Crippen LogP contribution in [0.25, 0.3) is 10.1 Å². The first-order valence-corrected chi connectivity index (χ1v) is 10.1. The van der Waals surface area contributed by atoms with Crippen molar-refractivity contribution in [1.29, 1.82) is 0 Å². The summed E-state index contributed by atoms with van der Waals surface area (Å²) in [5.74, 6) is 0.249. The zero-order valence-corrected chi connectivity index (χ0v) is 17.4. The van der Waals surface area contributed by atoms with Crippen LogP contribution >= 0.6 is 22.9 Å². The molecule has 152 valence electrons. The fourth-order valence-electron chi connectivity index (χ4n) is 2.88. The Morgan fingerprint density at radius 1 is 1.20 bits per heavy atom. The standard InChI is InChI=1S/C22H16ClFN2O3S/c1-28-17-7-5-15(10-18(17)29-12-13-3-2-8-25-11-13)26-22(27)21-20(23)16-6-4-14(24)9-19(16)30-21/h2-11H,12H2,1H3,(H,26,27). The number of nitrogens with one attached hydrogen (secondary N) is 1. The van der Waals surface area contributed by atoms with E-state index in [1.54, 1.807) is 43.8 Å². The van der Waals surface area contributed by atoms with Gasteiger partial charge in [0, 0.05) is 39.8 Å². The van der Waals surface area contributed by atoms with Gasteiger partial charge in [-0.05, 0) is 36.4 Å². The molecule has 0 unspecified atom stereocenters. The van der Waals surface area contributed by atoms with Crippen molar-refractivity contribution in [2.24, 2.45) is 0 Å². The van der Waals surface area contributed by atoms with E-state index in [-0.39, 0.29) is 11.7 Å². The van der Waals surface area contributed by atoms with Gasteiger partial charge in [0.2, 0.25) is 0 Å². The number of nitrogens with zero attached hydrogens (tertiary/aromatic N) is 1. The van der Waals surface area contributed by atoms with E-state index in [0.717, 1.165) is 16.9 Å². The average molecular weight is 443 g/mol. The quantitative estimate of drug-likeness (QED) is 0.402. The highest BCUT2D eigenvalue weighted by Crippen LogP contribution is 2.37. The van der Waals surface area contributed by atoms with Crippen LogP contribution in [0, 0.1) is 5.82 Å². The van der Waals surface area contributed by atoms with Gasteiger partial charge in [0.15, 0.2) is 11.5 Å². The number of methoxy groups -OCH3 is 1. The SMILES string of the molecule is COc1ccc(NC(=O)c2sc3cc(F)ccc3c2Cl)cc1OCc1cccnc1. The molecule has 0 saturated carbocycles. The molecule has 5 nitrogen and oxygen atoms in total. The fraction of sp³-hybridized carbons (Fsp3) is 0.0909. The Morgan fingerprint density at radius 3 is 2.83 bits per heavy atom. The molecule has 0 aliphatic carbocycles. The zero-order chi connectivity index (χ0) is 21.1. The Kier molecular flexibility index (Phi) is 5.83. The first kappa shape index (κ1) is 20.1. The highest BCUT2D eigenvalue weighted by atomic mass is 35.5. The lowest BCUT2D eigenvalue weighted by molar-refractivity contribution is 0.103. The Morgan fingerprint density at radius 2 is 2.07 bits per heavy atom. The van der Waals surface area contributed by atoms with Crippen molar-refractivity contribution in [3.63, 3.8) is 0 Å². The van der Waals surface area contributed by atoms with Gasteiger partial charge in [-0.1, -0.05) is 17.7 Å². The van der Waals surface area contributed by atoms with Gasteiger partial charge >= 0.3 is 0 Å². The lowest BCUT2D eigenvalue weighted by Gasteiger charge is -2.13. The van der Waals surface area contributed by atoms with Gasteiger partial charge < -0.3 is 14.8 Å². The number of carbonyl (C=O) groups excluding carboxylic acids is 1. The minimum absolute atomic E-state index is 0.300. The second-order valence-corrected chi connectivity index (χ2v) is 7.79. The summed E-state index contributed by atoms with van der Waals surface area (Å²) in [5, 5.41) is 3.75. The van der Waals surface area contributed by atoms with Gasteiger partial charge in [-0.25, -0.2) is 4.39 Å². The molecule has 2 aromatic heterocycles. The Balaban J connectivity index is 1.55. The topological polar surface area (TPSA) is 60.5 Å². The Hall–Kier alpha value is -3.16. The molecule has 0 spiro atoms. The van der Waals surface area contributed by atoms with E-state index < -0.39 is 0 Å². The third-order valence-electron chi connectivity index (χ3n) is 4.34.